The molecule has 1 fully saturated rings. The summed E-state index contributed by atoms with van der Waals surface area (Å²) in [6.07, 6.45) is 0. The topological polar surface area (TPSA) is 20.3 Å². The first-order chi connectivity index (χ1) is 9.65. The molecule has 0 aliphatic carbocycles. The molecule has 0 saturated carbocycles. The van der Waals surface area contributed by atoms with Crippen LogP contribution in [0.4, 0.5) is 0 Å². The Morgan fingerprint density at radius 1 is 1.25 bits per heavy atom. The Morgan fingerprint density at radius 3 is 2.80 bits per heavy atom. The molecule has 1 atom stereocenters. The third-order valence-corrected chi connectivity index (χ3v) is 5.36. The maximum Gasteiger partial charge on any atom is 0.254 e. The zero-order chi connectivity index (χ0) is 14.1. The van der Waals surface area contributed by atoms with Gasteiger partial charge >= 0.3 is 0 Å². The monoisotopic (exact) mass is 349 g/mol. The summed E-state index contributed by atoms with van der Waals surface area (Å²) in [6, 6.07) is 12.4. The number of halogens is 1. The molecule has 3 rings (SSSR count). The van der Waals surface area contributed by atoms with E-state index in [1.807, 2.05) is 47.0 Å². The second kappa shape index (κ2) is 5.78. The van der Waals surface area contributed by atoms with Gasteiger partial charge in [0.15, 0.2) is 0 Å². The van der Waals surface area contributed by atoms with Crippen molar-refractivity contribution in [1.29, 1.82) is 0 Å². The maximum atomic E-state index is 12.6. The fraction of sp³-hybridized carbons (Fsp3) is 0.312. The van der Waals surface area contributed by atoms with Crippen molar-refractivity contribution in [2.45, 2.75) is 13.0 Å². The van der Waals surface area contributed by atoms with E-state index in [0.717, 1.165) is 38.9 Å². The van der Waals surface area contributed by atoms with E-state index in [2.05, 4.69) is 28.9 Å². The number of hydrogen-bond donors (Lipinski definition) is 0. The highest BCUT2D eigenvalue weighted by Crippen LogP contribution is 2.23. The van der Waals surface area contributed by atoms with Gasteiger partial charge in [-0.05, 0) is 42.0 Å². The number of fused-ring (bicyclic) bond motifs is 1. The molecular formula is C16H16BrNOS. The van der Waals surface area contributed by atoms with Crippen LogP contribution in [0.15, 0.2) is 40.9 Å². The van der Waals surface area contributed by atoms with Crippen LogP contribution in [0.25, 0.3) is 10.8 Å². The minimum absolute atomic E-state index is 0.155. The Balaban J connectivity index is 1.93. The van der Waals surface area contributed by atoms with Gasteiger partial charge in [0.1, 0.15) is 0 Å². The molecule has 0 bridgehead atoms. The molecule has 2 nitrogen and oxygen atoms in total. The molecule has 1 amide bonds. The number of amides is 1. The SMILES string of the molecule is CC1CSCCN1C(=O)c1ccc2cc(Br)ccc2c1. The van der Waals surface area contributed by atoms with Crippen molar-refractivity contribution in [3.8, 4) is 0 Å². The summed E-state index contributed by atoms with van der Waals surface area (Å²) in [6.45, 7) is 2.98. The number of hydrogen-bond acceptors (Lipinski definition) is 2. The summed E-state index contributed by atoms with van der Waals surface area (Å²) in [5.41, 5.74) is 0.790. The Bertz CT molecular complexity index is 658. The normalized spacial score (nSPS) is 19.3. The molecule has 2 aromatic carbocycles. The zero-order valence-corrected chi connectivity index (χ0v) is 13.7. The van der Waals surface area contributed by atoms with E-state index in [1.165, 1.54) is 0 Å². The fourth-order valence-corrected chi connectivity index (χ4v) is 3.94. The first-order valence-electron chi connectivity index (χ1n) is 6.73. The molecule has 4 heteroatoms. The summed E-state index contributed by atoms with van der Waals surface area (Å²) < 4.78 is 1.06. The van der Waals surface area contributed by atoms with E-state index in [-0.39, 0.29) is 5.91 Å². The summed E-state index contributed by atoms with van der Waals surface area (Å²) in [5.74, 6) is 2.23. The van der Waals surface area contributed by atoms with E-state index in [9.17, 15) is 4.79 Å². The smallest absolute Gasteiger partial charge is 0.254 e. The molecule has 1 aliphatic heterocycles. The van der Waals surface area contributed by atoms with Crippen LogP contribution in [-0.2, 0) is 0 Å². The molecule has 0 aromatic heterocycles. The van der Waals surface area contributed by atoms with Crippen LogP contribution in [0.5, 0.6) is 0 Å². The van der Waals surface area contributed by atoms with Crippen molar-refractivity contribution < 1.29 is 4.79 Å². The van der Waals surface area contributed by atoms with E-state index >= 15 is 0 Å². The highest BCUT2D eigenvalue weighted by atomic mass is 79.9. The molecule has 1 aliphatic rings. The van der Waals surface area contributed by atoms with E-state index in [1.54, 1.807) is 0 Å². The van der Waals surface area contributed by atoms with E-state index in [4.69, 9.17) is 0 Å². The van der Waals surface area contributed by atoms with Gasteiger partial charge in [0, 0.05) is 34.1 Å². The Hall–Kier alpha value is -1.00. The summed E-state index contributed by atoms with van der Waals surface area (Å²) >= 11 is 5.40. The number of benzene rings is 2. The van der Waals surface area contributed by atoms with Crippen molar-refractivity contribution >= 4 is 44.4 Å². The molecule has 1 saturated heterocycles. The number of thioether (sulfide) groups is 1. The number of carbonyl (C=O) groups is 1. The molecule has 104 valence electrons. The summed E-state index contributed by atoms with van der Waals surface area (Å²) in [7, 11) is 0. The van der Waals surface area contributed by atoms with Gasteiger partial charge in [0.05, 0.1) is 0 Å². The van der Waals surface area contributed by atoms with E-state index < -0.39 is 0 Å². The molecule has 0 spiro atoms. The first kappa shape index (κ1) is 14.0. The van der Waals surface area contributed by atoms with Gasteiger partial charge in [-0.1, -0.05) is 28.1 Å². The van der Waals surface area contributed by atoms with Gasteiger partial charge in [-0.25, -0.2) is 0 Å². The van der Waals surface area contributed by atoms with Gasteiger partial charge < -0.3 is 4.90 Å². The Morgan fingerprint density at radius 2 is 2.00 bits per heavy atom. The molecule has 2 aromatic rings. The van der Waals surface area contributed by atoms with Crippen molar-refractivity contribution in [3.05, 3.63) is 46.4 Å². The van der Waals surface area contributed by atoms with Gasteiger partial charge in [-0.15, -0.1) is 0 Å². The van der Waals surface area contributed by atoms with Crippen molar-refractivity contribution in [2.75, 3.05) is 18.1 Å². The van der Waals surface area contributed by atoms with Crippen LogP contribution in [0.1, 0.15) is 17.3 Å². The summed E-state index contributed by atoms with van der Waals surface area (Å²) in [4.78, 5) is 14.6. The minimum Gasteiger partial charge on any atom is -0.334 e. The number of nitrogens with zero attached hydrogens (tertiary/aromatic N) is 1. The maximum absolute atomic E-state index is 12.6. The Kier molecular flexibility index (Phi) is 4.03. The third kappa shape index (κ3) is 2.72. The lowest BCUT2D eigenvalue weighted by Gasteiger charge is -2.33. The average molecular weight is 350 g/mol. The van der Waals surface area contributed by atoms with Crippen LogP contribution in [0.2, 0.25) is 0 Å². The lowest BCUT2D eigenvalue weighted by Crippen LogP contribution is -2.44. The summed E-state index contributed by atoms with van der Waals surface area (Å²) in [5, 5.41) is 2.26. The molecule has 1 heterocycles. The van der Waals surface area contributed by atoms with Crippen molar-refractivity contribution in [3.63, 3.8) is 0 Å². The average Bonchev–Trinajstić information content (AvgIpc) is 2.46. The Labute approximate surface area is 131 Å². The molecule has 20 heavy (non-hydrogen) atoms. The second-order valence-electron chi connectivity index (χ2n) is 5.13. The predicted octanol–water partition coefficient (Wildman–Crippen LogP) is 4.18. The highest BCUT2D eigenvalue weighted by molar-refractivity contribution is 9.10. The van der Waals surface area contributed by atoms with Crippen molar-refractivity contribution in [1.82, 2.24) is 4.90 Å². The molecular weight excluding hydrogens is 334 g/mol. The molecule has 1 unspecified atom stereocenters. The number of carbonyl (C=O) groups excluding carboxylic acids is 1. The highest BCUT2D eigenvalue weighted by Gasteiger charge is 2.24. The fourth-order valence-electron chi connectivity index (χ4n) is 2.54. The van der Waals surface area contributed by atoms with Crippen LogP contribution >= 0.6 is 27.7 Å². The van der Waals surface area contributed by atoms with Gasteiger partial charge in [-0.3, -0.25) is 4.79 Å². The third-order valence-electron chi connectivity index (χ3n) is 3.68. The second-order valence-corrected chi connectivity index (χ2v) is 7.19. The van der Waals surface area contributed by atoms with Gasteiger partial charge in [0.2, 0.25) is 0 Å². The number of rotatable bonds is 1. The first-order valence-corrected chi connectivity index (χ1v) is 8.68. The van der Waals surface area contributed by atoms with Crippen LogP contribution in [-0.4, -0.2) is 34.9 Å². The molecule has 0 radical (unpaired) electrons. The lowest BCUT2D eigenvalue weighted by atomic mass is 10.1. The van der Waals surface area contributed by atoms with Crippen LogP contribution in [0, 0.1) is 0 Å². The largest absolute Gasteiger partial charge is 0.334 e. The zero-order valence-electron chi connectivity index (χ0n) is 11.3. The molecule has 0 N–H and O–H groups in total. The van der Waals surface area contributed by atoms with E-state index in [0.29, 0.717) is 6.04 Å². The minimum atomic E-state index is 0.155. The standard InChI is InChI=1S/C16H16BrNOS/c1-11-10-20-7-6-18(11)16(19)14-3-2-13-9-15(17)5-4-12(13)8-14/h2-5,8-9,11H,6-7,10H2,1H3. The van der Waals surface area contributed by atoms with Gasteiger partial charge in [0.25, 0.3) is 5.91 Å². The van der Waals surface area contributed by atoms with Gasteiger partial charge in [-0.2, -0.15) is 11.8 Å². The predicted molar refractivity (Wildman–Crippen MR) is 89.5 cm³/mol. The van der Waals surface area contributed by atoms with Crippen molar-refractivity contribution in [2.24, 2.45) is 0 Å². The van der Waals surface area contributed by atoms with Crippen LogP contribution in [0.3, 0.4) is 0 Å². The quantitative estimate of drug-likeness (QED) is 0.769. The lowest BCUT2D eigenvalue weighted by molar-refractivity contribution is 0.0716. The van der Waals surface area contributed by atoms with Crippen LogP contribution < -0.4 is 0 Å².